The number of rotatable bonds is 1. The van der Waals surface area contributed by atoms with E-state index < -0.39 is 0 Å². The number of nitrogens with two attached hydrogens (primary N) is 1. The van der Waals surface area contributed by atoms with Crippen molar-refractivity contribution in [2.45, 2.75) is 0 Å². The van der Waals surface area contributed by atoms with E-state index in [9.17, 15) is 4.79 Å². The van der Waals surface area contributed by atoms with E-state index in [2.05, 4.69) is 15.3 Å². The number of aromatic nitrogens is 2. The Kier molecular flexibility index (Phi) is 2.59. The van der Waals surface area contributed by atoms with Gasteiger partial charge in [-0.05, 0) is 0 Å². The fourth-order valence-corrected chi connectivity index (χ4v) is 1.60. The highest BCUT2D eigenvalue weighted by Crippen LogP contribution is 2.17. The van der Waals surface area contributed by atoms with Crippen molar-refractivity contribution in [1.82, 2.24) is 15.3 Å². The molecule has 2 rings (SSSR count). The molecular formula is C8H10ClN5O. The minimum Gasteiger partial charge on any atom is -0.368 e. The lowest BCUT2D eigenvalue weighted by Crippen LogP contribution is -2.48. The number of carbonyl (C=O) groups is 1. The third-order valence-electron chi connectivity index (χ3n) is 2.06. The van der Waals surface area contributed by atoms with Crippen molar-refractivity contribution in [2.24, 2.45) is 0 Å². The van der Waals surface area contributed by atoms with Gasteiger partial charge in [0, 0.05) is 19.2 Å². The molecule has 1 aromatic heterocycles. The quantitative estimate of drug-likeness (QED) is 0.641. The van der Waals surface area contributed by atoms with Crippen LogP contribution in [0.2, 0.25) is 5.15 Å². The molecule has 0 aromatic carbocycles. The van der Waals surface area contributed by atoms with Crippen LogP contribution >= 0.6 is 11.6 Å². The van der Waals surface area contributed by atoms with Gasteiger partial charge in [-0.15, -0.1) is 0 Å². The van der Waals surface area contributed by atoms with E-state index in [-0.39, 0.29) is 23.6 Å². The van der Waals surface area contributed by atoms with E-state index in [1.807, 2.05) is 4.90 Å². The fourth-order valence-electron chi connectivity index (χ4n) is 1.42. The minimum atomic E-state index is -0.0328. The Hall–Kier alpha value is -1.56. The number of amides is 1. The summed E-state index contributed by atoms with van der Waals surface area (Å²) in [6.07, 6.45) is 0. The van der Waals surface area contributed by atoms with Gasteiger partial charge in [-0.25, -0.2) is 4.98 Å². The van der Waals surface area contributed by atoms with Crippen LogP contribution in [0.5, 0.6) is 0 Å². The summed E-state index contributed by atoms with van der Waals surface area (Å²) in [6.45, 7) is 1.56. The van der Waals surface area contributed by atoms with E-state index in [0.717, 1.165) is 0 Å². The second kappa shape index (κ2) is 3.90. The summed E-state index contributed by atoms with van der Waals surface area (Å²) < 4.78 is 0. The normalized spacial score (nSPS) is 16.3. The van der Waals surface area contributed by atoms with Crippen molar-refractivity contribution >= 4 is 29.3 Å². The molecule has 0 bridgehead atoms. The van der Waals surface area contributed by atoms with Gasteiger partial charge in [0.15, 0.2) is 0 Å². The third-order valence-corrected chi connectivity index (χ3v) is 2.25. The number of nitrogens with one attached hydrogen (secondary N) is 1. The molecule has 0 atom stereocenters. The predicted octanol–water partition coefficient (Wildman–Crippen LogP) is -0.352. The average molecular weight is 228 g/mol. The Morgan fingerprint density at radius 3 is 3.00 bits per heavy atom. The Morgan fingerprint density at radius 2 is 2.33 bits per heavy atom. The van der Waals surface area contributed by atoms with Gasteiger partial charge in [0.2, 0.25) is 11.9 Å². The number of nitrogens with zero attached hydrogens (tertiary/aromatic N) is 3. The number of anilines is 2. The fraction of sp³-hybridized carbons (Fsp3) is 0.375. The molecule has 1 aliphatic heterocycles. The Morgan fingerprint density at radius 1 is 1.53 bits per heavy atom. The van der Waals surface area contributed by atoms with Gasteiger partial charge in [0.25, 0.3) is 0 Å². The zero-order chi connectivity index (χ0) is 10.8. The number of hydrogen-bond acceptors (Lipinski definition) is 5. The van der Waals surface area contributed by atoms with Crippen LogP contribution in [0.3, 0.4) is 0 Å². The standard InChI is InChI=1S/C8H10ClN5O/c9-5-3-6(13-8(10)12-5)14-2-1-11-7(15)4-14/h3H,1-2,4H2,(H,11,15)(H2,10,12,13). The number of piperazine rings is 1. The molecule has 1 amide bonds. The first-order valence-electron chi connectivity index (χ1n) is 4.47. The smallest absolute Gasteiger partial charge is 0.239 e. The van der Waals surface area contributed by atoms with Gasteiger partial charge in [0.1, 0.15) is 11.0 Å². The van der Waals surface area contributed by atoms with E-state index in [0.29, 0.717) is 18.9 Å². The Balaban J connectivity index is 2.24. The van der Waals surface area contributed by atoms with Crippen molar-refractivity contribution in [3.63, 3.8) is 0 Å². The number of carbonyl (C=O) groups excluding carboxylic acids is 1. The molecule has 0 radical (unpaired) electrons. The monoisotopic (exact) mass is 227 g/mol. The van der Waals surface area contributed by atoms with Crippen LogP contribution in [-0.4, -0.2) is 35.5 Å². The highest BCUT2D eigenvalue weighted by Gasteiger charge is 2.18. The Labute approximate surface area is 91.4 Å². The van der Waals surface area contributed by atoms with Crippen LogP contribution in [0.1, 0.15) is 0 Å². The summed E-state index contributed by atoms with van der Waals surface area (Å²) in [5.41, 5.74) is 5.47. The maximum absolute atomic E-state index is 11.2. The van der Waals surface area contributed by atoms with Gasteiger partial charge < -0.3 is 16.0 Å². The first kappa shape index (κ1) is 9.97. The van der Waals surface area contributed by atoms with Crippen LogP contribution < -0.4 is 16.0 Å². The lowest BCUT2D eigenvalue weighted by molar-refractivity contribution is -0.120. The first-order valence-corrected chi connectivity index (χ1v) is 4.84. The number of hydrogen-bond donors (Lipinski definition) is 2. The zero-order valence-corrected chi connectivity index (χ0v) is 8.66. The van der Waals surface area contributed by atoms with E-state index >= 15 is 0 Å². The summed E-state index contributed by atoms with van der Waals surface area (Å²) in [7, 11) is 0. The van der Waals surface area contributed by atoms with Crippen molar-refractivity contribution < 1.29 is 4.79 Å². The molecule has 3 N–H and O–H groups in total. The third kappa shape index (κ3) is 2.27. The molecule has 7 heteroatoms. The molecule has 6 nitrogen and oxygen atoms in total. The molecule has 1 aromatic rings. The van der Waals surface area contributed by atoms with Crippen LogP contribution in [0.25, 0.3) is 0 Å². The summed E-state index contributed by atoms with van der Waals surface area (Å²) >= 11 is 5.75. The summed E-state index contributed by atoms with van der Waals surface area (Å²) in [4.78, 5) is 20.7. The topological polar surface area (TPSA) is 84.1 Å². The van der Waals surface area contributed by atoms with Crippen molar-refractivity contribution in [2.75, 3.05) is 30.3 Å². The molecule has 0 spiro atoms. The molecule has 0 unspecified atom stereocenters. The molecule has 1 saturated heterocycles. The van der Waals surface area contributed by atoms with Crippen molar-refractivity contribution in [3.8, 4) is 0 Å². The maximum atomic E-state index is 11.2. The Bertz CT molecular complexity index is 376. The largest absolute Gasteiger partial charge is 0.368 e. The SMILES string of the molecule is Nc1nc(Cl)cc(N2CCNC(=O)C2)n1. The highest BCUT2D eigenvalue weighted by molar-refractivity contribution is 6.29. The second-order valence-corrected chi connectivity index (χ2v) is 3.57. The molecule has 1 aliphatic rings. The zero-order valence-electron chi connectivity index (χ0n) is 7.90. The minimum absolute atomic E-state index is 0.0328. The molecule has 0 saturated carbocycles. The lowest BCUT2D eigenvalue weighted by Gasteiger charge is -2.27. The van der Waals surface area contributed by atoms with Crippen molar-refractivity contribution in [3.05, 3.63) is 11.2 Å². The van der Waals surface area contributed by atoms with Gasteiger partial charge in [-0.2, -0.15) is 4.98 Å². The molecule has 15 heavy (non-hydrogen) atoms. The van der Waals surface area contributed by atoms with E-state index in [1.165, 1.54) is 0 Å². The predicted molar refractivity (Wildman–Crippen MR) is 56.7 cm³/mol. The van der Waals surface area contributed by atoms with Crippen molar-refractivity contribution in [1.29, 1.82) is 0 Å². The van der Waals surface area contributed by atoms with Gasteiger partial charge in [0.05, 0.1) is 6.54 Å². The van der Waals surface area contributed by atoms with Gasteiger partial charge in [-0.1, -0.05) is 11.6 Å². The number of nitrogen functional groups attached to an aromatic ring is 1. The molecule has 0 aliphatic carbocycles. The van der Waals surface area contributed by atoms with E-state index in [4.69, 9.17) is 17.3 Å². The van der Waals surface area contributed by atoms with Gasteiger partial charge in [-0.3, -0.25) is 4.79 Å². The van der Waals surface area contributed by atoms with Crippen LogP contribution in [0.15, 0.2) is 6.07 Å². The van der Waals surface area contributed by atoms with Crippen LogP contribution in [-0.2, 0) is 4.79 Å². The van der Waals surface area contributed by atoms with E-state index in [1.54, 1.807) is 6.07 Å². The summed E-state index contributed by atoms with van der Waals surface area (Å²) in [5, 5.41) is 3.00. The van der Waals surface area contributed by atoms with Crippen LogP contribution in [0.4, 0.5) is 11.8 Å². The molecule has 80 valence electrons. The maximum Gasteiger partial charge on any atom is 0.239 e. The van der Waals surface area contributed by atoms with Gasteiger partial charge >= 0.3 is 0 Å². The second-order valence-electron chi connectivity index (χ2n) is 3.18. The first-order chi connectivity index (χ1) is 7.15. The van der Waals surface area contributed by atoms with Crippen LogP contribution in [0, 0.1) is 0 Å². The average Bonchev–Trinajstić information content (AvgIpc) is 2.16. The summed E-state index contributed by atoms with van der Waals surface area (Å²) in [6, 6.07) is 1.59. The highest BCUT2D eigenvalue weighted by atomic mass is 35.5. The lowest BCUT2D eigenvalue weighted by atomic mass is 10.3. The molecule has 2 heterocycles. The number of halogens is 1. The molecule has 1 fully saturated rings. The molecular weight excluding hydrogens is 218 g/mol. The summed E-state index contributed by atoms with van der Waals surface area (Å²) in [5.74, 6) is 0.667.